The van der Waals surface area contributed by atoms with Gasteiger partial charge in [0.05, 0.1) is 5.60 Å². The smallest absolute Gasteiger partial charge is 0.268 e. The van der Waals surface area contributed by atoms with Crippen LogP contribution in [0, 0.1) is 27.7 Å². The van der Waals surface area contributed by atoms with E-state index in [1.54, 1.807) is 19.2 Å². The lowest BCUT2D eigenvalue weighted by Gasteiger charge is -2.35. The SMILES string of the molecule is CC(=O)c1c(C)c2n(c1C)CCNC2=O.CN(C)C(OC(C)(C)C)N(C)C.Cc1c(C(=O)/C=C/N(C)C)c(C)n2c1C(=O)NCC2. The zero-order valence-electron chi connectivity index (χ0n) is 30.3. The number of hydrogen-bond donors (Lipinski definition) is 2. The fourth-order valence-electron chi connectivity index (χ4n) is 5.84. The van der Waals surface area contributed by atoms with Crippen LogP contribution in [0.2, 0.25) is 0 Å². The summed E-state index contributed by atoms with van der Waals surface area (Å²) in [6.07, 6.45) is 3.31. The molecule has 46 heavy (non-hydrogen) atoms. The van der Waals surface area contributed by atoms with Crippen molar-refractivity contribution < 1.29 is 23.9 Å². The normalized spacial score (nSPS) is 14.3. The molecule has 2 N–H and O–H groups in total. The van der Waals surface area contributed by atoms with Crippen molar-refractivity contribution >= 4 is 23.4 Å². The summed E-state index contributed by atoms with van der Waals surface area (Å²) in [5.74, 6) is -0.199. The summed E-state index contributed by atoms with van der Waals surface area (Å²) in [5, 5.41) is 5.60. The van der Waals surface area contributed by atoms with Crippen LogP contribution >= 0.6 is 0 Å². The number of nitrogens with one attached hydrogen (secondary N) is 2. The number of ketones is 2. The van der Waals surface area contributed by atoms with Crippen LogP contribution in [0.1, 0.15) is 91.9 Å². The molecule has 12 nitrogen and oxygen atoms in total. The largest absolute Gasteiger partial charge is 0.383 e. The second-order valence-corrected chi connectivity index (χ2v) is 13.4. The molecule has 0 fully saturated rings. The van der Waals surface area contributed by atoms with Gasteiger partial charge in [-0.15, -0.1) is 0 Å². The molecule has 0 spiro atoms. The molecule has 2 aromatic heterocycles. The Morgan fingerprint density at radius 2 is 1.20 bits per heavy atom. The Kier molecular flexibility index (Phi) is 13.1. The zero-order chi connectivity index (χ0) is 35.3. The molecule has 4 rings (SSSR count). The van der Waals surface area contributed by atoms with Crippen molar-refractivity contribution in [3.05, 3.63) is 57.3 Å². The molecule has 0 saturated heterocycles. The van der Waals surface area contributed by atoms with Crippen molar-refractivity contribution in [2.45, 2.75) is 80.4 Å². The number of Topliss-reactive ketones (excluding diaryl/α,β-unsaturated/α-hetero) is 1. The van der Waals surface area contributed by atoms with Gasteiger partial charge < -0.3 is 29.4 Å². The third-order valence-electron chi connectivity index (χ3n) is 7.67. The lowest BCUT2D eigenvalue weighted by Crippen LogP contribution is -2.46. The monoisotopic (exact) mass is 641 g/mol. The van der Waals surface area contributed by atoms with Gasteiger partial charge in [-0.25, -0.2) is 0 Å². The second kappa shape index (κ2) is 15.7. The molecule has 2 aliphatic heterocycles. The summed E-state index contributed by atoms with van der Waals surface area (Å²) in [5.41, 5.74) is 5.85. The van der Waals surface area contributed by atoms with Gasteiger partial charge >= 0.3 is 0 Å². The van der Waals surface area contributed by atoms with Gasteiger partial charge in [0.2, 0.25) is 0 Å². The molecule has 0 aliphatic carbocycles. The highest BCUT2D eigenvalue weighted by Crippen LogP contribution is 2.25. The molecule has 2 aromatic rings. The minimum absolute atomic E-state index is 0.0275. The number of ether oxygens (including phenoxy) is 1. The molecule has 0 radical (unpaired) electrons. The molecule has 2 amide bonds. The summed E-state index contributed by atoms with van der Waals surface area (Å²) >= 11 is 0. The fraction of sp³-hybridized carbons (Fsp3) is 0.588. The van der Waals surface area contributed by atoms with Gasteiger partial charge in [-0.05, 0) is 94.7 Å². The predicted octanol–water partition coefficient (Wildman–Crippen LogP) is 3.37. The Bertz CT molecular complexity index is 1460. The van der Waals surface area contributed by atoms with E-state index in [-0.39, 0.29) is 35.3 Å². The third-order valence-corrected chi connectivity index (χ3v) is 7.67. The first-order valence-corrected chi connectivity index (χ1v) is 15.6. The molecule has 4 heterocycles. The van der Waals surface area contributed by atoms with E-state index in [2.05, 4.69) is 31.4 Å². The van der Waals surface area contributed by atoms with Gasteiger partial charge in [-0.2, -0.15) is 0 Å². The molecule has 0 unspecified atom stereocenters. The summed E-state index contributed by atoms with van der Waals surface area (Å²) in [6.45, 7) is 17.9. The van der Waals surface area contributed by atoms with Crippen LogP contribution in [0.4, 0.5) is 0 Å². The standard InChI is InChI=1S/C14H19N3O2.C11H14N2O2.C9H22N2O/c1-9-12(11(18)5-7-16(3)4)10(2)17-8-6-15-14(19)13(9)17;1-6-9(8(3)14)7(2)13-5-4-12-11(15)10(6)13;1-9(2,3)12-8(10(4)5)11(6)7/h5,7H,6,8H2,1-4H3,(H,15,19);4-5H2,1-3H3,(H,12,15);8H,1-7H3/b7-5+;;. The number of carbonyl (C=O) groups is 4. The summed E-state index contributed by atoms with van der Waals surface area (Å²) in [7, 11) is 11.8. The van der Waals surface area contributed by atoms with E-state index in [4.69, 9.17) is 4.74 Å². The molecule has 0 saturated carbocycles. The first-order chi connectivity index (χ1) is 21.2. The highest BCUT2D eigenvalue weighted by molar-refractivity contribution is 6.09. The van der Waals surface area contributed by atoms with Crippen LogP contribution < -0.4 is 10.6 Å². The van der Waals surface area contributed by atoms with Crippen LogP contribution in [0.3, 0.4) is 0 Å². The van der Waals surface area contributed by atoms with E-state index in [1.165, 1.54) is 0 Å². The van der Waals surface area contributed by atoms with Crippen LogP contribution in [-0.2, 0) is 17.8 Å². The van der Waals surface area contributed by atoms with E-state index < -0.39 is 0 Å². The summed E-state index contributed by atoms with van der Waals surface area (Å²) in [6, 6.07) is 0. The minimum atomic E-state index is -0.0980. The molecule has 256 valence electrons. The number of aromatic nitrogens is 2. The molecule has 12 heteroatoms. The Morgan fingerprint density at radius 1 is 0.783 bits per heavy atom. The van der Waals surface area contributed by atoms with E-state index in [9.17, 15) is 19.2 Å². The minimum Gasteiger partial charge on any atom is -0.383 e. The van der Waals surface area contributed by atoms with Crippen LogP contribution in [0.15, 0.2) is 12.3 Å². The van der Waals surface area contributed by atoms with Crippen molar-refractivity contribution in [1.82, 2.24) is 34.5 Å². The van der Waals surface area contributed by atoms with Gasteiger partial charge in [0.15, 0.2) is 17.9 Å². The molecule has 0 aromatic carbocycles. The van der Waals surface area contributed by atoms with Crippen molar-refractivity contribution in [2.75, 3.05) is 55.4 Å². The maximum atomic E-state index is 12.3. The third kappa shape index (κ3) is 9.17. The Hall–Kier alpha value is -3.74. The van der Waals surface area contributed by atoms with E-state index >= 15 is 0 Å². The maximum Gasteiger partial charge on any atom is 0.268 e. The number of carbonyl (C=O) groups excluding carboxylic acids is 4. The number of hydrogen-bond acceptors (Lipinski definition) is 8. The van der Waals surface area contributed by atoms with Crippen LogP contribution in [0.5, 0.6) is 0 Å². The topological polar surface area (TPSA) is 121 Å². The zero-order valence-corrected chi connectivity index (χ0v) is 30.3. The lowest BCUT2D eigenvalue weighted by atomic mass is 10.1. The van der Waals surface area contributed by atoms with Crippen molar-refractivity contribution in [3.63, 3.8) is 0 Å². The Balaban J connectivity index is 0.000000248. The Morgan fingerprint density at radius 3 is 1.52 bits per heavy atom. The Labute approximate surface area is 274 Å². The average Bonchev–Trinajstić information content (AvgIpc) is 3.35. The second-order valence-electron chi connectivity index (χ2n) is 13.4. The number of rotatable bonds is 7. The van der Waals surface area contributed by atoms with Gasteiger partial charge in [0.25, 0.3) is 11.8 Å². The molecule has 2 aliphatic rings. The van der Waals surface area contributed by atoms with Crippen molar-refractivity contribution in [3.8, 4) is 0 Å². The van der Waals surface area contributed by atoms with Gasteiger partial charge in [-0.1, -0.05) is 0 Å². The van der Waals surface area contributed by atoms with Crippen molar-refractivity contribution in [2.24, 2.45) is 0 Å². The highest BCUT2D eigenvalue weighted by atomic mass is 16.5. The summed E-state index contributed by atoms with van der Waals surface area (Å²) < 4.78 is 9.68. The number of amides is 2. The quantitative estimate of drug-likeness (QED) is 0.268. The van der Waals surface area contributed by atoms with Gasteiger partial charge in [0, 0.05) is 75.1 Å². The molecule has 0 atom stereocenters. The molecular weight excluding hydrogens is 586 g/mol. The predicted molar refractivity (Wildman–Crippen MR) is 182 cm³/mol. The van der Waals surface area contributed by atoms with Crippen LogP contribution in [-0.4, -0.2) is 115 Å². The van der Waals surface area contributed by atoms with E-state index in [1.807, 2.05) is 93.8 Å². The first-order valence-electron chi connectivity index (χ1n) is 15.6. The average molecular weight is 642 g/mol. The number of nitrogens with zero attached hydrogens (tertiary/aromatic N) is 5. The number of allylic oxidation sites excluding steroid dienone is 1. The van der Waals surface area contributed by atoms with Gasteiger partial charge in [0.1, 0.15) is 11.4 Å². The highest BCUT2D eigenvalue weighted by Gasteiger charge is 2.28. The van der Waals surface area contributed by atoms with E-state index in [0.29, 0.717) is 35.6 Å². The molecular formula is C34H55N7O5. The molecule has 0 bridgehead atoms. The van der Waals surface area contributed by atoms with E-state index in [0.717, 1.165) is 35.6 Å². The first kappa shape index (κ1) is 38.4. The van der Waals surface area contributed by atoms with Crippen LogP contribution in [0.25, 0.3) is 0 Å². The van der Waals surface area contributed by atoms with Crippen molar-refractivity contribution in [1.29, 1.82) is 0 Å². The van der Waals surface area contributed by atoms with Gasteiger partial charge in [-0.3, -0.25) is 29.0 Å². The summed E-state index contributed by atoms with van der Waals surface area (Å²) in [4.78, 5) is 53.2. The fourth-order valence-corrected chi connectivity index (χ4v) is 5.84. The number of fused-ring (bicyclic) bond motifs is 2. The maximum absolute atomic E-state index is 12.3. The lowest BCUT2D eigenvalue weighted by molar-refractivity contribution is -0.178.